The Labute approximate surface area is 166 Å². The van der Waals surface area contributed by atoms with Gasteiger partial charge in [-0.2, -0.15) is 15.1 Å². The highest BCUT2D eigenvalue weighted by atomic mass is 19.1. The zero-order valence-corrected chi connectivity index (χ0v) is 16.2. The monoisotopic (exact) mass is 397 g/mol. The predicted molar refractivity (Wildman–Crippen MR) is 106 cm³/mol. The second kappa shape index (κ2) is 6.77. The number of rotatable bonds is 4. The van der Waals surface area contributed by atoms with E-state index in [0.29, 0.717) is 17.9 Å². The summed E-state index contributed by atoms with van der Waals surface area (Å²) < 4.78 is 29.2. The molecule has 2 atom stereocenters. The first-order valence-corrected chi connectivity index (χ1v) is 9.61. The normalized spacial score (nSPS) is 20.5. The van der Waals surface area contributed by atoms with Gasteiger partial charge in [-0.25, -0.2) is 13.5 Å². The van der Waals surface area contributed by atoms with E-state index in [-0.39, 0.29) is 11.6 Å². The van der Waals surface area contributed by atoms with Crippen LogP contribution in [0.25, 0.3) is 5.82 Å². The summed E-state index contributed by atoms with van der Waals surface area (Å²) in [6, 6.07) is 8.08. The topological polar surface area (TPSA) is 70.9 Å². The van der Waals surface area contributed by atoms with E-state index in [2.05, 4.69) is 30.6 Å². The number of hydrogen-bond donors (Lipinski definition) is 2. The van der Waals surface area contributed by atoms with Gasteiger partial charge in [0, 0.05) is 43.0 Å². The van der Waals surface area contributed by atoms with E-state index in [0.717, 1.165) is 42.8 Å². The number of aromatic nitrogens is 4. The Morgan fingerprint density at radius 1 is 1.10 bits per heavy atom. The van der Waals surface area contributed by atoms with Gasteiger partial charge in [-0.3, -0.25) is 0 Å². The first-order chi connectivity index (χ1) is 14.0. The van der Waals surface area contributed by atoms with E-state index in [4.69, 9.17) is 0 Å². The molecule has 5 rings (SSSR count). The van der Waals surface area contributed by atoms with Crippen LogP contribution in [-0.4, -0.2) is 44.9 Å². The molecule has 7 nitrogen and oxygen atoms in total. The predicted octanol–water partition coefficient (Wildman–Crippen LogP) is 2.85. The molecular formula is C20H21F2N7. The third kappa shape index (κ3) is 3.31. The van der Waals surface area contributed by atoms with E-state index < -0.39 is 11.6 Å². The zero-order chi connectivity index (χ0) is 20.1. The number of benzene rings is 1. The van der Waals surface area contributed by atoms with Crippen LogP contribution in [0.3, 0.4) is 0 Å². The molecule has 1 aromatic carbocycles. The Morgan fingerprint density at radius 3 is 2.59 bits per heavy atom. The number of aryl methyl sites for hydroxylation is 2. The van der Waals surface area contributed by atoms with E-state index >= 15 is 0 Å². The third-order valence-electron chi connectivity index (χ3n) is 5.45. The largest absolute Gasteiger partial charge is 0.350 e. The van der Waals surface area contributed by atoms with Crippen molar-refractivity contribution in [3.8, 4) is 5.82 Å². The maximum absolute atomic E-state index is 14.2. The van der Waals surface area contributed by atoms with Gasteiger partial charge in [-0.1, -0.05) is 0 Å². The molecule has 0 aliphatic carbocycles. The molecular weight excluding hydrogens is 376 g/mol. The first kappa shape index (κ1) is 18.0. The van der Waals surface area contributed by atoms with Gasteiger partial charge in [0.25, 0.3) is 0 Å². The molecule has 2 aromatic heterocycles. The molecule has 2 saturated heterocycles. The SMILES string of the molecule is Cc1cc(C)n(-c2cc(N3C[C@@H]4C[C@H]3CN4)nc(Nc3ccc(F)cc3F)n2)n1. The summed E-state index contributed by atoms with van der Waals surface area (Å²) in [5.74, 6) is 0.275. The molecule has 0 radical (unpaired) electrons. The molecule has 2 aliphatic rings. The lowest BCUT2D eigenvalue weighted by Crippen LogP contribution is -2.44. The molecule has 2 bridgehead atoms. The van der Waals surface area contributed by atoms with Gasteiger partial charge in [-0.15, -0.1) is 0 Å². The summed E-state index contributed by atoms with van der Waals surface area (Å²) in [6.07, 6.45) is 1.08. The Morgan fingerprint density at radius 2 is 1.93 bits per heavy atom. The Hall–Kier alpha value is -3.07. The van der Waals surface area contributed by atoms with Crippen molar-refractivity contribution >= 4 is 17.5 Å². The molecule has 4 heterocycles. The van der Waals surface area contributed by atoms with Crippen LogP contribution in [0.4, 0.5) is 26.2 Å². The van der Waals surface area contributed by atoms with Crippen molar-refractivity contribution in [2.24, 2.45) is 0 Å². The van der Waals surface area contributed by atoms with E-state index in [1.54, 1.807) is 4.68 Å². The summed E-state index contributed by atoms with van der Waals surface area (Å²) in [4.78, 5) is 11.4. The van der Waals surface area contributed by atoms with Gasteiger partial charge in [0.15, 0.2) is 5.82 Å². The number of piperazine rings is 1. The van der Waals surface area contributed by atoms with Gasteiger partial charge in [-0.05, 0) is 38.5 Å². The minimum atomic E-state index is -0.698. The maximum Gasteiger partial charge on any atom is 0.231 e. The number of nitrogens with zero attached hydrogens (tertiary/aromatic N) is 5. The highest BCUT2D eigenvalue weighted by Gasteiger charge is 2.38. The minimum Gasteiger partial charge on any atom is -0.350 e. The highest BCUT2D eigenvalue weighted by Crippen LogP contribution is 2.30. The van der Waals surface area contributed by atoms with E-state index in [1.165, 1.54) is 12.1 Å². The lowest BCUT2D eigenvalue weighted by molar-refractivity contribution is 0.576. The van der Waals surface area contributed by atoms with Crippen molar-refractivity contribution in [2.45, 2.75) is 32.4 Å². The number of nitrogens with one attached hydrogen (secondary N) is 2. The molecule has 0 amide bonds. The van der Waals surface area contributed by atoms with Gasteiger partial charge >= 0.3 is 0 Å². The summed E-state index contributed by atoms with van der Waals surface area (Å²) in [7, 11) is 0. The van der Waals surface area contributed by atoms with E-state index in [1.807, 2.05) is 26.0 Å². The maximum atomic E-state index is 14.2. The summed E-state index contributed by atoms with van der Waals surface area (Å²) in [5, 5.41) is 10.9. The minimum absolute atomic E-state index is 0.118. The first-order valence-electron chi connectivity index (χ1n) is 9.61. The summed E-state index contributed by atoms with van der Waals surface area (Å²) in [5.41, 5.74) is 1.94. The molecule has 0 saturated carbocycles. The number of hydrogen-bond acceptors (Lipinski definition) is 6. The average Bonchev–Trinajstić information content (AvgIpc) is 3.39. The summed E-state index contributed by atoms with van der Waals surface area (Å²) in [6.45, 7) is 5.65. The van der Waals surface area contributed by atoms with Crippen LogP contribution in [0.5, 0.6) is 0 Å². The van der Waals surface area contributed by atoms with Crippen molar-refractivity contribution in [2.75, 3.05) is 23.3 Å². The van der Waals surface area contributed by atoms with Crippen LogP contribution in [0.1, 0.15) is 17.8 Å². The molecule has 9 heteroatoms. The van der Waals surface area contributed by atoms with Gasteiger partial charge in [0.2, 0.25) is 5.95 Å². The molecule has 2 fully saturated rings. The molecule has 2 aliphatic heterocycles. The van der Waals surface area contributed by atoms with Crippen molar-refractivity contribution in [1.82, 2.24) is 25.1 Å². The second-order valence-electron chi connectivity index (χ2n) is 7.64. The smallest absolute Gasteiger partial charge is 0.231 e. The Bertz CT molecular complexity index is 1080. The number of anilines is 3. The number of halogens is 2. The van der Waals surface area contributed by atoms with Gasteiger partial charge < -0.3 is 15.5 Å². The highest BCUT2D eigenvalue weighted by molar-refractivity contribution is 5.59. The molecule has 0 unspecified atom stereocenters. The van der Waals surface area contributed by atoms with E-state index in [9.17, 15) is 8.78 Å². The van der Waals surface area contributed by atoms with Crippen LogP contribution >= 0.6 is 0 Å². The van der Waals surface area contributed by atoms with Crippen LogP contribution in [0.15, 0.2) is 30.3 Å². The van der Waals surface area contributed by atoms with Crippen LogP contribution in [0.2, 0.25) is 0 Å². The fraction of sp³-hybridized carbons (Fsp3) is 0.350. The fourth-order valence-corrected chi connectivity index (χ4v) is 4.15. The lowest BCUT2D eigenvalue weighted by Gasteiger charge is -2.29. The molecule has 0 spiro atoms. The molecule has 150 valence electrons. The van der Waals surface area contributed by atoms with Crippen molar-refractivity contribution in [1.29, 1.82) is 0 Å². The second-order valence-corrected chi connectivity index (χ2v) is 7.64. The van der Waals surface area contributed by atoms with Crippen molar-refractivity contribution < 1.29 is 8.78 Å². The van der Waals surface area contributed by atoms with Crippen LogP contribution in [-0.2, 0) is 0 Å². The molecule has 29 heavy (non-hydrogen) atoms. The fourth-order valence-electron chi connectivity index (χ4n) is 4.15. The van der Waals surface area contributed by atoms with Crippen molar-refractivity contribution in [3.63, 3.8) is 0 Å². The lowest BCUT2D eigenvalue weighted by atomic mass is 10.2. The summed E-state index contributed by atoms with van der Waals surface area (Å²) >= 11 is 0. The third-order valence-corrected chi connectivity index (χ3v) is 5.45. The Balaban J connectivity index is 1.57. The van der Waals surface area contributed by atoms with Gasteiger partial charge in [0.05, 0.1) is 11.4 Å². The van der Waals surface area contributed by atoms with Crippen molar-refractivity contribution in [3.05, 3.63) is 53.4 Å². The molecule has 2 N–H and O–H groups in total. The van der Waals surface area contributed by atoms with Crippen LogP contribution < -0.4 is 15.5 Å². The Kier molecular flexibility index (Phi) is 4.20. The standard InChI is InChI=1S/C20H21F2N7/c1-11-5-12(2)29(27-11)19-8-18(28-10-14-7-15(28)9-23-14)25-20(26-19)24-17-4-3-13(21)6-16(17)22/h3-6,8,14-15,23H,7,9-10H2,1-2H3,(H,24,25,26)/t14-,15-/m0/s1. The number of fused-ring (bicyclic) bond motifs is 2. The zero-order valence-electron chi connectivity index (χ0n) is 16.2. The molecule has 3 aromatic rings. The average molecular weight is 397 g/mol. The van der Waals surface area contributed by atoms with Crippen LogP contribution in [0, 0.1) is 25.5 Å². The quantitative estimate of drug-likeness (QED) is 0.706. The van der Waals surface area contributed by atoms with Gasteiger partial charge in [0.1, 0.15) is 17.5 Å².